The lowest BCUT2D eigenvalue weighted by Gasteiger charge is -2.18. The van der Waals surface area contributed by atoms with Crippen LogP contribution in [0.25, 0.3) is 0 Å². The fraction of sp³-hybridized carbons (Fsp3) is 0.571. The molecule has 1 nitrogen and oxygen atoms in total. The SMILES string of the molecule is CCC(C)CC(C)NCc1c(F)ccc(Br)c1F. The first-order valence-electron chi connectivity index (χ1n) is 6.31. The molecule has 102 valence electrons. The van der Waals surface area contributed by atoms with Gasteiger partial charge >= 0.3 is 0 Å². The van der Waals surface area contributed by atoms with Gasteiger partial charge in [-0.1, -0.05) is 20.3 Å². The molecule has 0 bridgehead atoms. The Morgan fingerprint density at radius 1 is 1.28 bits per heavy atom. The Kier molecular flexibility index (Phi) is 6.22. The molecule has 0 amide bonds. The first kappa shape index (κ1) is 15.6. The van der Waals surface area contributed by atoms with Crippen LogP contribution in [0.15, 0.2) is 16.6 Å². The van der Waals surface area contributed by atoms with E-state index in [1.165, 1.54) is 12.1 Å². The molecule has 0 aliphatic heterocycles. The molecule has 1 aromatic carbocycles. The minimum atomic E-state index is -0.516. The summed E-state index contributed by atoms with van der Waals surface area (Å²) in [5, 5.41) is 3.17. The maximum absolute atomic E-state index is 13.7. The average molecular weight is 320 g/mol. The van der Waals surface area contributed by atoms with Gasteiger partial charge in [0.2, 0.25) is 0 Å². The summed E-state index contributed by atoms with van der Waals surface area (Å²) in [6.45, 7) is 6.58. The van der Waals surface area contributed by atoms with E-state index in [0.29, 0.717) is 10.4 Å². The first-order chi connectivity index (χ1) is 8.45. The topological polar surface area (TPSA) is 12.0 Å². The van der Waals surface area contributed by atoms with Crippen LogP contribution in [0.4, 0.5) is 8.78 Å². The van der Waals surface area contributed by atoms with Crippen LogP contribution in [0.2, 0.25) is 0 Å². The zero-order chi connectivity index (χ0) is 13.7. The van der Waals surface area contributed by atoms with E-state index in [2.05, 4.69) is 35.1 Å². The molecule has 0 heterocycles. The fourth-order valence-corrected chi connectivity index (χ4v) is 2.23. The van der Waals surface area contributed by atoms with Gasteiger partial charge in [0.25, 0.3) is 0 Å². The van der Waals surface area contributed by atoms with Gasteiger partial charge in [-0.2, -0.15) is 0 Å². The third-order valence-electron chi connectivity index (χ3n) is 3.22. The van der Waals surface area contributed by atoms with Crippen molar-refractivity contribution in [3.63, 3.8) is 0 Å². The number of hydrogen-bond donors (Lipinski definition) is 1. The Labute approximate surface area is 116 Å². The van der Waals surface area contributed by atoms with Gasteiger partial charge in [0.1, 0.15) is 11.6 Å². The predicted octanol–water partition coefficient (Wildman–Crippen LogP) is 4.64. The summed E-state index contributed by atoms with van der Waals surface area (Å²) >= 11 is 3.07. The van der Waals surface area contributed by atoms with E-state index in [1.807, 2.05) is 6.92 Å². The molecule has 0 spiro atoms. The van der Waals surface area contributed by atoms with Crippen LogP contribution in [-0.2, 0) is 6.54 Å². The van der Waals surface area contributed by atoms with Gasteiger partial charge < -0.3 is 5.32 Å². The number of rotatable bonds is 6. The molecule has 0 saturated heterocycles. The smallest absolute Gasteiger partial charge is 0.144 e. The first-order valence-corrected chi connectivity index (χ1v) is 7.10. The highest BCUT2D eigenvalue weighted by Crippen LogP contribution is 2.21. The Hall–Kier alpha value is -0.480. The van der Waals surface area contributed by atoms with Crippen molar-refractivity contribution in [2.75, 3.05) is 0 Å². The van der Waals surface area contributed by atoms with Crippen molar-refractivity contribution in [2.45, 2.75) is 46.2 Å². The second-order valence-corrected chi connectivity index (χ2v) is 5.71. The average Bonchev–Trinajstić information content (AvgIpc) is 2.34. The van der Waals surface area contributed by atoms with Gasteiger partial charge in [-0.3, -0.25) is 0 Å². The maximum Gasteiger partial charge on any atom is 0.144 e. The Bertz CT molecular complexity index is 396. The van der Waals surface area contributed by atoms with E-state index in [0.717, 1.165) is 12.8 Å². The minimum absolute atomic E-state index is 0.0976. The molecule has 0 aromatic heterocycles. The lowest BCUT2D eigenvalue weighted by molar-refractivity contribution is 0.405. The van der Waals surface area contributed by atoms with Crippen molar-refractivity contribution in [1.82, 2.24) is 5.32 Å². The monoisotopic (exact) mass is 319 g/mol. The number of halogens is 3. The van der Waals surface area contributed by atoms with E-state index >= 15 is 0 Å². The van der Waals surface area contributed by atoms with Crippen molar-refractivity contribution in [3.05, 3.63) is 33.8 Å². The fourth-order valence-electron chi connectivity index (χ4n) is 1.86. The van der Waals surface area contributed by atoms with Crippen LogP contribution >= 0.6 is 15.9 Å². The lowest BCUT2D eigenvalue weighted by atomic mass is 10.0. The standard InChI is InChI=1S/C14H20BrF2N/c1-4-9(2)7-10(3)18-8-11-13(16)6-5-12(15)14(11)17/h5-6,9-10,18H,4,7-8H2,1-3H3. The second kappa shape index (κ2) is 7.19. The molecule has 2 unspecified atom stereocenters. The number of benzene rings is 1. The van der Waals surface area contributed by atoms with Crippen LogP contribution in [-0.4, -0.2) is 6.04 Å². The van der Waals surface area contributed by atoms with E-state index in [9.17, 15) is 8.78 Å². The van der Waals surface area contributed by atoms with Crippen LogP contribution in [0, 0.1) is 17.6 Å². The molecule has 0 aliphatic rings. The molecule has 0 aliphatic carbocycles. The highest BCUT2D eigenvalue weighted by atomic mass is 79.9. The van der Waals surface area contributed by atoms with Gasteiger partial charge in [-0.25, -0.2) is 8.78 Å². The molecule has 18 heavy (non-hydrogen) atoms. The van der Waals surface area contributed by atoms with E-state index < -0.39 is 11.6 Å². The van der Waals surface area contributed by atoms with Crippen LogP contribution < -0.4 is 5.32 Å². The Morgan fingerprint density at radius 2 is 1.94 bits per heavy atom. The predicted molar refractivity (Wildman–Crippen MR) is 74.4 cm³/mol. The zero-order valence-electron chi connectivity index (χ0n) is 11.1. The summed E-state index contributed by atoms with van der Waals surface area (Å²) in [4.78, 5) is 0. The van der Waals surface area contributed by atoms with Gasteiger partial charge in [0, 0.05) is 18.2 Å². The van der Waals surface area contributed by atoms with Crippen LogP contribution in [0.3, 0.4) is 0 Å². The molecule has 1 N–H and O–H groups in total. The van der Waals surface area contributed by atoms with E-state index in [1.54, 1.807) is 0 Å². The molecular weight excluding hydrogens is 300 g/mol. The largest absolute Gasteiger partial charge is 0.310 e. The normalized spacial score (nSPS) is 14.6. The van der Waals surface area contributed by atoms with Gasteiger partial charge in [0.05, 0.1) is 4.47 Å². The van der Waals surface area contributed by atoms with Gasteiger partial charge in [-0.05, 0) is 47.3 Å². The van der Waals surface area contributed by atoms with Crippen molar-refractivity contribution in [1.29, 1.82) is 0 Å². The summed E-state index contributed by atoms with van der Waals surface area (Å²) < 4.78 is 27.5. The summed E-state index contributed by atoms with van der Waals surface area (Å²) in [5.74, 6) is -0.401. The quantitative estimate of drug-likeness (QED) is 0.753. The Morgan fingerprint density at radius 3 is 2.56 bits per heavy atom. The maximum atomic E-state index is 13.7. The van der Waals surface area contributed by atoms with E-state index in [-0.39, 0.29) is 18.2 Å². The van der Waals surface area contributed by atoms with Crippen LogP contribution in [0.5, 0.6) is 0 Å². The highest BCUT2D eigenvalue weighted by molar-refractivity contribution is 9.10. The third-order valence-corrected chi connectivity index (χ3v) is 3.83. The third kappa shape index (κ3) is 4.32. The molecule has 0 radical (unpaired) electrons. The van der Waals surface area contributed by atoms with Crippen molar-refractivity contribution < 1.29 is 8.78 Å². The van der Waals surface area contributed by atoms with Crippen molar-refractivity contribution in [2.24, 2.45) is 5.92 Å². The molecule has 1 rings (SSSR count). The summed E-state index contributed by atoms with van der Waals surface area (Å²) in [6, 6.07) is 2.91. The Balaban J connectivity index is 2.61. The molecule has 4 heteroatoms. The summed E-state index contributed by atoms with van der Waals surface area (Å²) in [5.41, 5.74) is 0.0976. The van der Waals surface area contributed by atoms with Crippen LogP contribution in [0.1, 0.15) is 39.2 Å². The molecule has 0 saturated carbocycles. The highest BCUT2D eigenvalue weighted by Gasteiger charge is 2.13. The van der Waals surface area contributed by atoms with E-state index in [4.69, 9.17) is 0 Å². The number of hydrogen-bond acceptors (Lipinski definition) is 1. The zero-order valence-corrected chi connectivity index (χ0v) is 12.7. The molecular formula is C14H20BrF2N. The lowest BCUT2D eigenvalue weighted by Crippen LogP contribution is -2.28. The molecule has 0 fully saturated rings. The second-order valence-electron chi connectivity index (χ2n) is 4.85. The number of nitrogens with one attached hydrogen (secondary N) is 1. The van der Waals surface area contributed by atoms with Gasteiger partial charge in [-0.15, -0.1) is 0 Å². The van der Waals surface area contributed by atoms with Gasteiger partial charge in [0.15, 0.2) is 0 Å². The van der Waals surface area contributed by atoms with Crippen molar-refractivity contribution >= 4 is 15.9 Å². The molecule has 2 atom stereocenters. The minimum Gasteiger partial charge on any atom is -0.310 e. The summed E-state index contributed by atoms with van der Waals surface area (Å²) in [7, 11) is 0. The summed E-state index contributed by atoms with van der Waals surface area (Å²) in [6.07, 6.45) is 2.12. The van der Waals surface area contributed by atoms with Crippen molar-refractivity contribution in [3.8, 4) is 0 Å². The molecule has 1 aromatic rings.